The van der Waals surface area contributed by atoms with E-state index in [1.165, 1.54) is 18.4 Å². The van der Waals surface area contributed by atoms with Crippen LogP contribution in [0.3, 0.4) is 0 Å². The number of tetrazole rings is 1. The summed E-state index contributed by atoms with van der Waals surface area (Å²) >= 11 is 0. The molecule has 6 nitrogen and oxygen atoms in total. The third kappa shape index (κ3) is 5.00. The number of allylic oxidation sites excluding steroid dienone is 2. The Bertz CT molecular complexity index is 1730. The van der Waals surface area contributed by atoms with Gasteiger partial charge in [-0.25, -0.2) is 4.98 Å². The molecule has 0 amide bonds. The van der Waals surface area contributed by atoms with Gasteiger partial charge >= 0.3 is 0 Å². The van der Waals surface area contributed by atoms with Crippen molar-refractivity contribution >= 4 is 0 Å². The largest absolute Gasteiger partial charge is 0.435 e. The van der Waals surface area contributed by atoms with Gasteiger partial charge in [-0.1, -0.05) is 115 Å². The summed E-state index contributed by atoms with van der Waals surface area (Å²) in [5.74, 6) is 2.39. The van der Waals surface area contributed by atoms with Gasteiger partial charge in [0.2, 0.25) is 11.7 Å². The van der Waals surface area contributed by atoms with E-state index in [4.69, 9.17) is 9.40 Å². The van der Waals surface area contributed by atoms with Crippen LogP contribution < -0.4 is 0 Å². The van der Waals surface area contributed by atoms with Crippen LogP contribution >= 0.6 is 0 Å². The number of benzene rings is 4. The fourth-order valence-corrected chi connectivity index (χ4v) is 5.78. The highest BCUT2D eigenvalue weighted by Crippen LogP contribution is 2.43. The number of nitrogens with zero attached hydrogens (tertiary/aromatic N) is 4. The maximum atomic E-state index is 6.79. The first-order valence-corrected chi connectivity index (χ1v) is 14.1. The van der Waals surface area contributed by atoms with Gasteiger partial charge in [-0.05, 0) is 53.5 Å². The number of rotatable bonds is 7. The number of aromatic nitrogens is 5. The summed E-state index contributed by atoms with van der Waals surface area (Å²) < 4.78 is 6.79. The molecule has 2 aromatic heterocycles. The summed E-state index contributed by atoms with van der Waals surface area (Å²) in [5, 5.41) is 15.0. The second kappa shape index (κ2) is 11.2. The quantitative estimate of drug-likeness (QED) is 0.208. The van der Waals surface area contributed by atoms with Crippen molar-refractivity contribution in [3.8, 4) is 56.6 Å². The van der Waals surface area contributed by atoms with Crippen molar-refractivity contribution in [2.24, 2.45) is 5.92 Å². The summed E-state index contributed by atoms with van der Waals surface area (Å²) in [6.45, 7) is 0. The molecule has 0 radical (unpaired) electrons. The first-order chi connectivity index (χ1) is 20.3. The molecule has 41 heavy (non-hydrogen) atoms. The Balaban J connectivity index is 1.47. The molecule has 0 aliphatic heterocycles. The van der Waals surface area contributed by atoms with Gasteiger partial charge in [-0.15, -0.1) is 10.2 Å². The normalized spacial score (nSPS) is 14.8. The second-order valence-corrected chi connectivity index (χ2v) is 10.4. The molecule has 6 aromatic rings. The molecule has 0 bridgehead atoms. The summed E-state index contributed by atoms with van der Waals surface area (Å²) in [6, 6.07) is 35.1. The first kappa shape index (κ1) is 24.9. The average Bonchev–Trinajstić information content (AvgIpc) is 3.74. The van der Waals surface area contributed by atoms with Crippen molar-refractivity contribution in [1.29, 1.82) is 0 Å². The molecule has 7 rings (SSSR count). The van der Waals surface area contributed by atoms with Gasteiger partial charge in [0.05, 0.1) is 0 Å². The molecule has 0 saturated heterocycles. The first-order valence-electron chi connectivity index (χ1n) is 14.1. The average molecular weight is 536 g/mol. The molecule has 1 aliphatic carbocycles. The molecule has 6 heteroatoms. The van der Waals surface area contributed by atoms with E-state index in [0.29, 0.717) is 17.6 Å². The summed E-state index contributed by atoms with van der Waals surface area (Å²) in [5.41, 5.74) is 7.99. The minimum atomic E-state index is 0.474. The maximum Gasteiger partial charge on any atom is 0.228 e. The van der Waals surface area contributed by atoms with E-state index in [0.717, 1.165) is 57.7 Å². The van der Waals surface area contributed by atoms with E-state index < -0.39 is 0 Å². The summed E-state index contributed by atoms with van der Waals surface area (Å²) in [7, 11) is 0. The molecule has 2 heterocycles. The lowest BCUT2D eigenvalue weighted by Gasteiger charge is -2.20. The van der Waals surface area contributed by atoms with Crippen LogP contribution in [0.15, 0.2) is 120 Å². The summed E-state index contributed by atoms with van der Waals surface area (Å²) in [4.78, 5) is 5.22. The molecule has 0 fully saturated rings. The van der Waals surface area contributed by atoms with Crippen LogP contribution in [0.2, 0.25) is 0 Å². The Morgan fingerprint density at radius 2 is 1.49 bits per heavy atom. The fraction of sp³-hybridized carbons (Fsp3) is 0.143. The third-order valence-corrected chi connectivity index (χ3v) is 7.71. The zero-order chi connectivity index (χ0) is 27.4. The molecule has 0 spiro atoms. The highest BCUT2D eigenvalue weighted by Gasteiger charge is 2.25. The molecular formula is C35H29N5O. The minimum absolute atomic E-state index is 0.474. The zero-order valence-electron chi connectivity index (χ0n) is 22.6. The topological polar surface area (TPSA) is 80.5 Å². The van der Waals surface area contributed by atoms with E-state index in [-0.39, 0.29) is 0 Å². The van der Waals surface area contributed by atoms with Crippen LogP contribution in [0, 0.1) is 5.92 Å². The van der Waals surface area contributed by atoms with Crippen LogP contribution in [0.25, 0.3) is 56.6 Å². The van der Waals surface area contributed by atoms with Gasteiger partial charge in [0.15, 0.2) is 5.76 Å². The molecule has 1 N–H and O–H groups in total. The van der Waals surface area contributed by atoms with Gasteiger partial charge in [0, 0.05) is 22.3 Å². The van der Waals surface area contributed by atoms with Gasteiger partial charge in [0.25, 0.3) is 0 Å². The van der Waals surface area contributed by atoms with Gasteiger partial charge in [-0.3, -0.25) is 0 Å². The Labute approximate surface area is 238 Å². The molecule has 1 aliphatic rings. The minimum Gasteiger partial charge on any atom is -0.435 e. The smallest absolute Gasteiger partial charge is 0.228 e. The van der Waals surface area contributed by atoms with E-state index >= 15 is 0 Å². The highest BCUT2D eigenvalue weighted by atomic mass is 16.4. The van der Waals surface area contributed by atoms with Crippen molar-refractivity contribution in [1.82, 2.24) is 25.6 Å². The van der Waals surface area contributed by atoms with Crippen molar-refractivity contribution < 1.29 is 4.42 Å². The van der Waals surface area contributed by atoms with E-state index in [9.17, 15) is 0 Å². The standard InChI is InChI=1S/C35H29N5O/c1-4-13-24(14-5-1)23-27-19-12-22-29(28-20-10-11-21-30(28)34-37-39-40-38-34)31(27)35-36-32(25-15-6-2-7-16-25)33(41-35)26-17-8-3-9-18-26/h2-4,6-13,15-22,24H,1,5,14,23H2,(H,37,38,39,40). The third-order valence-electron chi connectivity index (χ3n) is 7.71. The van der Waals surface area contributed by atoms with Crippen LogP contribution in [0.1, 0.15) is 24.8 Å². The van der Waals surface area contributed by atoms with Gasteiger partial charge in [0.1, 0.15) is 5.69 Å². The Morgan fingerprint density at radius 1 is 0.756 bits per heavy atom. The summed E-state index contributed by atoms with van der Waals surface area (Å²) in [6.07, 6.45) is 9.14. The van der Waals surface area contributed by atoms with E-state index in [1.54, 1.807) is 0 Å². The molecule has 200 valence electrons. The molecule has 1 unspecified atom stereocenters. The van der Waals surface area contributed by atoms with E-state index in [2.05, 4.69) is 81.3 Å². The predicted molar refractivity (Wildman–Crippen MR) is 162 cm³/mol. The predicted octanol–water partition coefficient (Wildman–Crippen LogP) is 8.42. The number of aromatic amines is 1. The number of H-pyrrole nitrogens is 1. The van der Waals surface area contributed by atoms with Crippen LogP contribution in [-0.4, -0.2) is 25.6 Å². The number of hydrogen-bond donors (Lipinski definition) is 1. The molecular weight excluding hydrogens is 506 g/mol. The van der Waals surface area contributed by atoms with Crippen molar-refractivity contribution in [2.75, 3.05) is 0 Å². The van der Waals surface area contributed by atoms with Crippen LogP contribution in [0.4, 0.5) is 0 Å². The lowest BCUT2D eigenvalue weighted by atomic mass is 9.85. The van der Waals surface area contributed by atoms with Crippen molar-refractivity contribution in [2.45, 2.75) is 25.7 Å². The SMILES string of the molecule is C1=CC(Cc2cccc(-c3ccccc3-c3nn[nH]n3)c2-c2nc(-c3ccccc3)c(-c3ccccc3)o2)CCC1. The maximum absolute atomic E-state index is 6.79. The van der Waals surface area contributed by atoms with Crippen LogP contribution in [0.5, 0.6) is 0 Å². The lowest BCUT2D eigenvalue weighted by Crippen LogP contribution is -2.06. The second-order valence-electron chi connectivity index (χ2n) is 10.4. The number of oxazole rings is 1. The molecule has 1 atom stereocenters. The van der Waals surface area contributed by atoms with Crippen LogP contribution in [-0.2, 0) is 6.42 Å². The van der Waals surface area contributed by atoms with Gasteiger partial charge < -0.3 is 4.42 Å². The Hall–Kier alpha value is -5.10. The zero-order valence-corrected chi connectivity index (χ0v) is 22.6. The monoisotopic (exact) mass is 535 g/mol. The van der Waals surface area contributed by atoms with E-state index in [1.807, 2.05) is 54.6 Å². The van der Waals surface area contributed by atoms with Crippen molar-refractivity contribution in [3.05, 3.63) is 121 Å². The number of nitrogens with one attached hydrogen (secondary N) is 1. The van der Waals surface area contributed by atoms with Crippen molar-refractivity contribution in [3.63, 3.8) is 0 Å². The molecule has 0 saturated carbocycles. The lowest BCUT2D eigenvalue weighted by molar-refractivity contribution is 0.537. The highest BCUT2D eigenvalue weighted by molar-refractivity contribution is 5.91. The Kier molecular flexibility index (Phi) is 6.79. The number of hydrogen-bond acceptors (Lipinski definition) is 5. The fourth-order valence-electron chi connectivity index (χ4n) is 5.78. The molecule has 4 aromatic carbocycles. The Morgan fingerprint density at radius 3 is 2.22 bits per heavy atom. The van der Waals surface area contributed by atoms with Gasteiger partial charge in [-0.2, -0.15) is 5.21 Å².